The van der Waals surface area contributed by atoms with E-state index in [0.29, 0.717) is 28.8 Å². The van der Waals surface area contributed by atoms with Crippen molar-refractivity contribution in [3.05, 3.63) is 27.7 Å². The van der Waals surface area contributed by atoms with Crippen molar-refractivity contribution in [2.75, 3.05) is 13.7 Å². The topological polar surface area (TPSA) is 58.6 Å². The van der Waals surface area contributed by atoms with Crippen molar-refractivity contribution < 1.29 is 14.3 Å². The van der Waals surface area contributed by atoms with Crippen LogP contribution in [0.3, 0.4) is 0 Å². The minimum atomic E-state index is -0.504. The number of amides is 2. The lowest BCUT2D eigenvalue weighted by Crippen LogP contribution is -2.40. The maximum Gasteiger partial charge on any atom is 0.246 e. The van der Waals surface area contributed by atoms with E-state index < -0.39 is 6.04 Å². The molecule has 3 rings (SSSR count). The number of ether oxygens (including phenoxy) is 1. The molecule has 2 atom stereocenters. The summed E-state index contributed by atoms with van der Waals surface area (Å²) < 4.78 is 5.58. The first-order valence-electron chi connectivity index (χ1n) is 6.65. The molecule has 1 saturated heterocycles. The Hall–Kier alpha value is -1.30. The molecule has 112 valence electrons. The zero-order valence-corrected chi connectivity index (χ0v) is 12.9. The lowest BCUT2D eigenvalue weighted by molar-refractivity contribution is -0.137. The van der Waals surface area contributed by atoms with Gasteiger partial charge in [0, 0.05) is 30.1 Å². The molecular weight excluding hydrogens is 315 g/mol. The van der Waals surface area contributed by atoms with Gasteiger partial charge in [-0.2, -0.15) is 0 Å². The van der Waals surface area contributed by atoms with Gasteiger partial charge in [-0.05, 0) is 12.1 Å². The normalized spacial score (nSPS) is 25.0. The van der Waals surface area contributed by atoms with E-state index in [0.717, 1.165) is 10.5 Å². The summed E-state index contributed by atoms with van der Waals surface area (Å²) in [6.45, 7) is 0.497. The van der Waals surface area contributed by atoms with Gasteiger partial charge < -0.3 is 4.74 Å². The summed E-state index contributed by atoms with van der Waals surface area (Å²) in [6.07, 6.45) is 0.863. The molecule has 7 heteroatoms. The fourth-order valence-corrected chi connectivity index (χ4v) is 3.29. The van der Waals surface area contributed by atoms with Crippen LogP contribution in [0.5, 0.6) is 5.75 Å². The van der Waals surface area contributed by atoms with Gasteiger partial charge in [-0.15, -0.1) is 0 Å². The smallest absolute Gasteiger partial charge is 0.246 e. The third-order valence-corrected chi connectivity index (χ3v) is 4.35. The zero-order valence-electron chi connectivity index (χ0n) is 11.4. The average Bonchev–Trinajstić information content (AvgIpc) is 2.67. The molecule has 2 unspecified atom stereocenters. The van der Waals surface area contributed by atoms with Gasteiger partial charge >= 0.3 is 0 Å². The van der Waals surface area contributed by atoms with Gasteiger partial charge in [-0.1, -0.05) is 23.2 Å². The molecule has 5 nitrogen and oxygen atoms in total. The molecule has 0 aliphatic carbocycles. The first kappa shape index (κ1) is 14.6. The van der Waals surface area contributed by atoms with Crippen molar-refractivity contribution in [3.8, 4) is 5.75 Å². The van der Waals surface area contributed by atoms with Crippen LogP contribution in [0, 0.1) is 0 Å². The number of hydrogen-bond donors (Lipinski definition) is 1. The second-order valence-electron chi connectivity index (χ2n) is 5.21. The Balaban J connectivity index is 1.86. The lowest BCUT2D eigenvalue weighted by Gasteiger charge is -2.29. The predicted molar refractivity (Wildman–Crippen MR) is 78.6 cm³/mol. The van der Waals surface area contributed by atoms with Gasteiger partial charge in [0.15, 0.2) is 0 Å². The Kier molecular flexibility index (Phi) is 3.82. The van der Waals surface area contributed by atoms with Gasteiger partial charge in [-0.3, -0.25) is 19.8 Å². The van der Waals surface area contributed by atoms with Crippen LogP contribution in [0.15, 0.2) is 12.1 Å². The van der Waals surface area contributed by atoms with Gasteiger partial charge in [0.1, 0.15) is 5.75 Å². The van der Waals surface area contributed by atoms with E-state index in [9.17, 15) is 9.59 Å². The van der Waals surface area contributed by atoms with Gasteiger partial charge in [0.05, 0.1) is 24.1 Å². The molecular formula is C14H14Cl2N2O3. The average molecular weight is 329 g/mol. The maximum atomic E-state index is 12.0. The molecule has 21 heavy (non-hydrogen) atoms. The molecule has 0 radical (unpaired) electrons. The summed E-state index contributed by atoms with van der Waals surface area (Å²) >= 11 is 12.2. The summed E-state index contributed by atoms with van der Waals surface area (Å²) in [5.41, 5.74) is 0.827. The van der Waals surface area contributed by atoms with Crippen molar-refractivity contribution in [1.82, 2.24) is 10.2 Å². The van der Waals surface area contributed by atoms with Crippen molar-refractivity contribution in [1.29, 1.82) is 0 Å². The number of imide groups is 1. The molecule has 1 N–H and O–H groups in total. The molecule has 2 heterocycles. The Morgan fingerprint density at radius 1 is 1.29 bits per heavy atom. The molecule has 1 aromatic carbocycles. The number of rotatable bonds is 2. The van der Waals surface area contributed by atoms with E-state index in [4.69, 9.17) is 27.9 Å². The first-order chi connectivity index (χ1) is 9.97. The van der Waals surface area contributed by atoms with Crippen LogP contribution in [0.2, 0.25) is 10.0 Å². The van der Waals surface area contributed by atoms with Crippen LogP contribution in [-0.2, 0) is 9.59 Å². The Labute approximate surface area is 132 Å². The lowest BCUT2D eigenvalue weighted by atomic mass is 9.99. The van der Waals surface area contributed by atoms with E-state index in [1.807, 2.05) is 0 Å². The fourth-order valence-electron chi connectivity index (χ4n) is 2.73. The number of carbonyl (C=O) groups is 2. The Morgan fingerprint density at radius 2 is 2.05 bits per heavy atom. The fraction of sp³-hybridized carbons (Fsp3) is 0.429. The monoisotopic (exact) mass is 328 g/mol. The van der Waals surface area contributed by atoms with Crippen LogP contribution in [-0.4, -0.2) is 36.4 Å². The van der Waals surface area contributed by atoms with E-state index in [2.05, 4.69) is 5.32 Å². The predicted octanol–water partition coefficient (Wildman–Crippen LogP) is 2.16. The van der Waals surface area contributed by atoms with E-state index in [1.54, 1.807) is 12.1 Å². The Morgan fingerprint density at radius 3 is 2.71 bits per heavy atom. The summed E-state index contributed by atoms with van der Waals surface area (Å²) in [7, 11) is 1.50. The van der Waals surface area contributed by atoms with Crippen molar-refractivity contribution in [2.45, 2.75) is 24.9 Å². The van der Waals surface area contributed by atoms with Crippen molar-refractivity contribution >= 4 is 35.0 Å². The minimum absolute atomic E-state index is 0.113. The number of likely N-dealkylation sites (N-methyl/N-ethyl adjacent to an activating group) is 1. The molecule has 0 bridgehead atoms. The molecule has 1 aromatic rings. The van der Waals surface area contributed by atoms with Crippen LogP contribution in [0.4, 0.5) is 0 Å². The minimum Gasteiger partial charge on any atom is -0.492 e. The zero-order chi connectivity index (χ0) is 15.1. The number of halogens is 2. The van der Waals surface area contributed by atoms with Crippen molar-refractivity contribution in [2.24, 2.45) is 0 Å². The molecule has 0 saturated carbocycles. The van der Waals surface area contributed by atoms with Crippen molar-refractivity contribution in [3.63, 3.8) is 0 Å². The maximum absolute atomic E-state index is 12.0. The number of likely N-dealkylation sites (tertiary alicyclic amines) is 1. The summed E-state index contributed by atoms with van der Waals surface area (Å²) in [4.78, 5) is 24.7. The number of fused-ring (bicyclic) bond motifs is 1. The van der Waals surface area contributed by atoms with Crippen LogP contribution < -0.4 is 10.1 Å². The van der Waals surface area contributed by atoms with Crippen LogP contribution >= 0.6 is 23.2 Å². The number of benzene rings is 1. The summed E-state index contributed by atoms with van der Waals surface area (Å²) in [6, 6.07) is 2.79. The third kappa shape index (κ3) is 2.61. The summed E-state index contributed by atoms with van der Waals surface area (Å²) in [5, 5.41) is 4.20. The first-order valence-corrected chi connectivity index (χ1v) is 7.41. The van der Waals surface area contributed by atoms with Gasteiger partial charge in [0.25, 0.3) is 0 Å². The van der Waals surface area contributed by atoms with Crippen LogP contribution in [0.1, 0.15) is 24.4 Å². The molecule has 0 aromatic heterocycles. The number of nitrogens with zero attached hydrogens (tertiary/aromatic N) is 1. The van der Waals surface area contributed by atoms with E-state index in [-0.39, 0.29) is 24.3 Å². The highest BCUT2D eigenvalue weighted by molar-refractivity contribution is 6.35. The van der Waals surface area contributed by atoms with E-state index >= 15 is 0 Å². The number of carbonyl (C=O) groups excluding carboxylic acids is 2. The van der Waals surface area contributed by atoms with Crippen LogP contribution in [0.25, 0.3) is 0 Å². The van der Waals surface area contributed by atoms with E-state index in [1.165, 1.54) is 7.05 Å². The number of nitrogens with one attached hydrogen (secondary N) is 1. The molecule has 1 fully saturated rings. The molecule has 0 spiro atoms. The standard InChI is InChI=1S/C14H14Cl2N2O3/c1-18-12(19)6-11(14(18)20)17-10-2-3-21-13-8(10)4-7(15)5-9(13)16/h4-5,10-11,17H,2-3,6H2,1H3. The molecule has 2 aliphatic rings. The highest BCUT2D eigenvalue weighted by Crippen LogP contribution is 2.40. The quantitative estimate of drug-likeness (QED) is 0.845. The van der Waals surface area contributed by atoms with Gasteiger partial charge in [-0.25, -0.2) is 0 Å². The largest absolute Gasteiger partial charge is 0.492 e. The van der Waals surface area contributed by atoms with Gasteiger partial charge in [0.2, 0.25) is 11.8 Å². The summed E-state index contributed by atoms with van der Waals surface area (Å²) in [5.74, 6) is 0.213. The second-order valence-corrected chi connectivity index (χ2v) is 6.05. The second kappa shape index (κ2) is 5.48. The third-order valence-electron chi connectivity index (χ3n) is 3.85. The number of hydrogen-bond acceptors (Lipinski definition) is 4. The SMILES string of the molecule is CN1C(=O)CC(NC2CCOc3c(Cl)cc(Cl)cc32)C1=O. The molecule has 2 aliphatic heterocycles. The Bertz CT molecular complexity index is 620. The highest BCUT2D eigenvalue weighted by Gasteiger charge is 2.38. The highest BCUT2D eigenvalue weighted by atomic mass is 35.5. The molecule has 2 amide bonds.